The highest BCUT2D eigenvalue weighted by molar-refractivity contribution is 9.10. The quantitative estimate of drug-likeness (QED) is 0.883. The van der Waals surface area contributed by atoms with Crippen LogP contribution in [0.5, 0.6) is 5.75 Å². The molecule has 0 radical (unpaired) electrons. The number of rotatable bonds is 4. The first kappa shape index (κ1) is 15.4. The zero-order valence-corrected chi connectivity index (χ0v) is 14.3. The molecule has 3 nitrogen and oxygen atoms in total. The molecule has 1 heterocycles. The van der Waals surface area contributed by atoms with Crippen LogP contribution >= 0.6 is 15.9 Å². The van der Waals surface area contributed by atoms with Crippen molar-refractivity contribution < 1.29 is 9.15 Å². The SMILES string of the molecule is CCNCc1oc2c(Br)cc(OC)cc2c1C(C)(C)C. The minimum Gasteiger partial charge on any atom is -0.497 e. The third kappa shape index (κ3) is 2.86. The van der Waals surface area contributed by atoms with Gasteiger partial charge in [-0.15, -0.1) is 0 Å². The van der Waals surface area contributed by atoms with Crippen molar-refractivity contribution in [2.75, 3.05) is 13.7 Å². The van der Waals surface area contributed by atoms with Crippen LogP contribution in [0.4, 0.5) is 0 Å². The van der Waals surface area contributed by atoms with Crippen LogP contribution in [0.3, 0.4) is 0 Å². The van der Waals surface area contributed by atoms with E-state index in [1.54, 1.807) is 7.11 Å². The largest absolute Gasteiger partial charge is 0.497 e. The number of ether oxygens (including phenoxy) is 1. The average Bonchev–Trinajstić information content (AvgIpc) is 2.74. The topological polar surface area (TPSA) is 34.4 Å². The zero-order valence-electron chi connectivity index (χ0n) is 12.8. The van der Waals surface area contributed by atoms with Gasteiger partial charge >= 0.3 is 0 Å². The summed E-state index contributed by atoms with van der Waals surface area (Å²) in [6, 6.07) is 3.99. The minimum absolute atomic E-state index is 0.0157. The van der Waals surface area contributed by atoms with Crippen LogP contribution in [0.15, 0.2) is 21.0 Å². The summed E-state index contributed by atoms with van der Waals surface area (Å²) < 4.78 is 12.4. The molecular weight excluding hydrogens is 318 g/mol. The standard InChI is InChI=1S/C16H22BrNO2/c1-6-18-9-13-14(16(2,3)4)11-7-10(19-5)8-12(17)15(11)20-13/h7-8,18H,6,9H2,1-5H3. The molecule has 0 saturated carbocycles. The summed E-state index contributed by atoms with van der Waals surface area (Å²) in [6.45, 7) is 10.4. The second-order valence-corrected chi connectivity index (χ2v) is 6.77. The predicted molar refractivity (Wildman–Crippen MR) is 86.5 cm³/mol. The highest BCUT2D eigenvalue weighted by Gasteiger charge is 2.26. The van der Waals surface area contributed by atoms with Gasteiger partial charge in [0.05, 0.1) is 18.1 Å². The van der Waals surface area contributed by atoms with Crippen molar-refractivity contribution >= 4 is 26.9 Å². The average molecular weight is 340 g/mol. The fourth-order valence-electron chi connectivity index (χ4n) is 2.49. The number of hydrogen-bond acceptors (Lipinski definition) is 3. The Morgan fingerprint density at radius 3 is 2.55 bits per heavy atom. The molecule has 1 aromatic heterocycles. The first-order chi connectivity index (χ1) is 9.38. The normalized spacial score (nSPS) is 12.1. The van der Waals surface area contributed by atoms with Crippen molar-refractivity contribution in [1.29, 1.82) is 0 Å². The Labute approximate surface area is 128 Å². The summed E-state index contributed by atoms with van der Waals surface area (Å²) in [6.07, 6.45) is 0. The molecule has 0 aliphatic carbocycles. The molecule has 0 unspecified atom stereocenters. The summed E-state index contributed by atoms with van der Waals surface area (Å²) >= 11 is 3.58. The molecule has 0 bridgehead atoms. The van der Waals surface area contributed by atoms with Crippen LogP contribution < -0.4 is 10.1 Å². The van der Waals surface area contributed by atoms with Gasteiger partial charge < -0.3 is 14.5 Å². The molecule has 1 aromatic carbocycles. The highest BCUT2D eigenvalue weighted by atomic mass is 79.9. The van der Waals surface area contributed by atoms with Gasteiger partial charge in [0.1, 0.15) is 17.1 Å². The van der Waals surface area contributed by atoms with Crippen LogP contribution in [0.1, 0.15) is 39.0 Å². The molecule has 0 aliphatic heterocycles. The van der Waals surface area contributed by atoms with Crippen LogP contribution in [0, 0.1) is 0 Å². The van der Waals surface area contributed by atoms with Crippen LogP contribution in [0.2, 0.25) is 0 Å². The van der Waals surface area contributed by atoms with Gasteiger partial charge in [-0.3, -0.25) is 0 Å². The Morgan fingerprint density at radius 1 is 1.30 bits per heavy atom. The van der Waals surface area contributed by atoms with Crippen LogP contribution in [-0.2, 0) is 12.0 Å². The number of benzene rings is 1. The van der Waals surface area contributed by atoms with Crippen molar-refractivity contribution in [1.82, 2.24) is 5.32 Å². The Balaban J connectivity index is 2.70. The van der Waals surface area contributed by atoms with Crippen molar-refractivity contribution in [2.24, 2.45) is 0 Å². The summed E-state index contributed by atoms with van der Waals surface area (Å²) in [7, 11) is 1.68. The summed E-state index contributed by atoms with van der Waals surface area (Å²) in [5.74, 6) is 1.84. The fraction of sp³-hybridized carbons (Fsp3) is 0.500. The van der Waals surface area contributed by atoms with E-state index < -0.39 is 0 Å². The Kier molecular flexibility index (Phi) is 4.45. The van der Waals surface area contributed by atoms with Gasteiger partial charge in [0.25, 0.3) is 0 Å². The van der Waals surface area contributed by atoms with E-state index in [9.17, 15) is 0 Å². The number of methoxy groups -OCH3 is 1. The minimum atomic E-state index is 0.0157. The Morgan fingerprint density at radius 2 is 2.00 bits per heavy atom. The molecule has 0 atom stereocenters. The number of furan rings is 1. The van der Waals surface area contributed by atoms with E-state index in [-0.39, 0.29) is 5.41 Å². The van der Waals surface area contributed by atoms with Crippen molar-refractivity contribution in [3.05, 3.63) is 27.9 Å². The van der Waals surface area contributed by atoms with Gasteiger partial charge in [-0.1, -0.05) is 27.7 Å². The summed E-state index contributed by atoms with van der Waals surface area (Å²) in [4.78, 5) is 0. The van der Waals surface area contributed by atoms with Gasteiger partial charge in [0.15, 0.2) is 0 Å². The van der Waals surface area contributed by atoms with E-state index in [4.69, 9.17) is 9.15 Å². The highest BCUT2D eigenvalue weighted by Crippen LogP contribution is 2.40. The van der Waals surface area contributed by atoms with E-state index in [1.165, 1.54) is 5.56 Å². The number of halogens is 1. The lowest BCUT2D eigenvalue weighted by atomic mass is 9.84. The van der Waals surface area contributed by atoms with Gasteiger partial charge in [-0.05, 0) is 40.0 Å². The summed E-state index contributed by atoms with van der Waals surface area (Å²) in [5.41, 5.74) is 2.15. The van der Waals surface area contributed by atoms with E-state index in [0.29, 0.717) is 0 Å². The van der Waals surface area contributed by atoms with E-state index in [0.717, 1.165) is 40.0 Å². The third-order valence-corrected chi connectivity index (χ3v) is 3.90. The maximum absolute atomic E-state index is 6.09. The van der Waals surface area contributed by atoms with Crippen LogP contribution in [-0.4, -0.2) is 13.7 Å². The molecule has 0 fully saturated rings. The molecule has 20 heavy (non-hydrogen) atoms. The van der Waals surface area contributed by atoms with Gasteiger partial charge in [0.2, 0.25) is 0 Å². The van der Waals surface area contributed by atoms with Gasteiger partial charge in [-0.25, -0.2) is 0 Å². The summed E-state index contributed by atoms with van der Waals surface area (Å²) in [5, 5.41) is 4.47. The number of hydrogen-bond donors (Lipinski definition) is 1. The molecular formula is C16H22BrNO2. The van der Waals surface area contributed by atoms with Gasteiger partial charge in [0, 0.05) is 10.9 Å². The van der Waals surface area contributed by atoms with Gasteiger partial charge in [-0.2, -0.15) is 0 Å². The first-order valence-corrected chi connectivity index (χ1v) is 7.68. The maximum atomic E-state index is 6.09. The fourth-order valence-corrected chi connectivity index (χ4v) is 3.01. The molecule has 2 aromatic rings. The first-order valence-electron chi connectivity index (χ1n) is 6.88. The molecule has 2 rings (SSSR count). The smallest absolute Gasteiger partial charge is 0.149 e. The van der Waals surface area contributed by atoms with Crippen molar-refractivity contribution in [3.63, 3.8) is 0 Å². The molecule has 4 heteroatoms. The third-order valence-electron chi connectivity index (χ3n) is 3.31. The number of fused-ring (bicyclic) bond motifs is 1. The lowest BCUT2D eigenvalue weighted by Crippen LogP contribution is -2.18. The lowest BCUT2D eigenvalue weighted by molar-refractivity contribution is 0.415. The molecule has 1 N–H and O–H groups in total. The molecule has 0 aliphatic rings. The number of nitrogens with one attached hydrogen (secondary N) is 1. The Hall–Kier alpha value is -1.00. The predicted octanol–water partition coefficient (Wildman–Crippen LogP) is 4.61. The second-order valence-electron chi connectivity index (χ2n) is 5.92. The van der Waals surface area contributed by atoms with Crippen molar-refractivity contribution in [3.8, 4) is 5.75 Å². The van der Waals surface area contributed by atoms with E-state index in [1.807, 2.05) is 6.07 Å². The molecule has 0 spiro atoms. The van der Waals surface area contributed by atoms with Crippen LogP contribution in [0.25, 0.3) is 11.0 Å². The van der Waals surface area contributed by atoms with E-state index in [2.05, 4.69) is 55.0 Å². The molecule has 110 valence electrons. The van der Waals surface area contributed by atoms with E-state index >= 15 is 0 Å². The molecule has 0 saturated heterocycles. The Bertz CT molecular complexity index is 611. The lowest BCUT2D eigenvalue weighted by Gasteiger charge is -2.19. The second kappa shape index (κ2) is 5.78. The maximum Gasteiger partial charge on any atom is 0.149 e. The molecule has 0 amide bonds. The van der Waals surface area contributed by atoms with Crippen molar-refractivity contribution in [2.45, 2.75) is 39.7 Å². The zero-order chi connectivity index (χ0) is 14.9. The monoisotopic (exact) mass is 339 g/mol.